The van der Waals surface area contributed by atoms with Gasteiger partial charge in [0.05, 0.1) is 14.8 Å². The molecule has 0 N–H and O–H groups in total. The molecule has 0 radical (unpaired) electrons. The van der Waals surface area contributed by atoms with Crippen LogP contribution in [0, 0.1) is 10.1 Å². The van der Waals surface area contributed by atoms with E-state index >= 15 is 0 Å². The number of carbonyl (C=O) groups excluding carboxylic acids is 1. The van der Waals surface area contributed by atoms with Crippen LogP contribution in [-0.4, -0.2) is 15.5 Å². The molecule has 1 rings (SSSR count). The lowest BCUT2D eigenvalue weighted by atomic mass is 10.1. The number of nitro groups is 1. The maximum atomic E-state index is 11.6. The molecule has 0 amide bonds. The maximum Gasteiger partial charge on any atom is 0.270 e. The average Bonchev–Trinajstić information content (AvgIpc) is 2.16. The fraction of sp³-hybridized carbons (Fsp3) is 0.222. The fourth-order valence-electron chi connectivity index (χ4n) is 1.03. The number of rotatable bonds is 3. The van der Waals surface area contributed by atoms with Crippen molar-refractivity contribution in [1.82, 2.24) is 0 Å². The Morgan fingerprint density at radius 2 is 2.20 bits per heavy atom. The molecule has 6 heteroatoms. The number of nitro benzene ring substituents is 1. The zero-order chi connectivity index (χ0) is 11.6. The Kier molecular flexibility index (Phi) is 3.82. The zero-order valence-electron chi connectivity index (χ0n) is 7.74. The molecule has 0 saturated heterocycles. The Bertz CT molecular complexity index is 420. The van der Waals surface area contributed by atoms with E-state index in [2.05, 4.69) is 15.9 Å². The highest BCUT2D eigenvalue weighted by molar-refractivity contribution is 9.10. The van der Waals surface area contributed by atoms with Crippen LogP contribution in [-0.2, 0) is 0 Å². The van der Waals surface area contributed by atoms with Gasteiger partial charge in [-0.25, -0.2) is 0 Å². The van der Waals surface area contributed by atoms with Crippen molar-refractivity contribution in [3.8, 4) is 0 Å². The van der Waals surface area contributed by atoms with E-state index in [4.69, 9.17) is 11.6 Å². The molecule has 0 aromatic heterocycles. The summed E-state index contributed by atoms with van der Waals surface area (Å²) >= 11 is 8.87. The minimum atomic E-state index is -0.563. The molecular weight excluding hydrogens is 285 g/mol. The van der Waals surface area contributed by atoms with Gasteiger partial charge in [0.25, 0.3) is 5.69 Å². The Hall–Kier alpha value is -0.940. The van der Waals surface area contributed by atoms with Gasteiger partial charge in [0, 0.05) is 17.7 Å². The molecule has 1 unspecified atom stereocenters. The van der Waals surface area contributed by atoms with Crippen molar-refractivity contribution in [2.24, 2.45) is 0 Å². The third-order valence-electron chi connectivity index (χ3n) is 1.79. The average molecular weight is 293 g/mol. The molecule has 1 aromatic rings. The maximum absolute atomic E-state index is 11.6. The quantitative estimate of drug-likeness (QED) is 0.372. The van der Waals surface area contributed by atoms with Crippen molar-refractivity contribution in [1.29, 1.82) is 0 Å². The standard InChI is InChI=1S/C9H7BrClNO3/c1-5(10)9(13)7-4-6(12(14)15)2-3-8(7)11/h2-5H,1H3. The fourth-order valence-corrected chi connectivity index (χ4v) is 1.49. The molecule has 0 spiro atoms. The smallest absolute Gasteiger partial charge is 0.270 e. The SMILES string of the molecule is CC(Br)C(=O)c1cc([N+](=O)[O-])ccc1Cl. The predicted molar refractivity (Wildman–Crippen MR) is 60.8 cm³/mol. The second-order valence-corrected chi connectivity index (χ2v) is 4.68. The molecule has 0 aliphatic rings. The number of hydrogen-bond acceptors (Lipinski definition) is 3. The highest BCUT2D eigenvalue weighted by Gasteiger charge is 2.18. The molecule has 0 fully saturated rings. The topological polar surface area (TPSA) is 60.2 Å². The zero-order valence-corrected chi connectivity index (χ0v) is 10.1. The third-order valence-corrected chi connectivity index (χ3v) is 2.53. The minimum absolute atomic E-state index is 0.143. The first-order valence-corrected chi connectivity index (χ1v) is 5.35. The summed E-state index contributed by atoms with van der Waals surface area (Å²) < 4.78 is 0. The summed E-state index contributed by atoms with van der Waals surface area (Å²) in [6, 6.07) is 3.79. The van der Waals surface area contributed by atoms with Crippen molar-refractivity contribution in [2.75, 3.05) is 0 Å². The first kappa shape index (κ1) is 12.1. The second kappa shape index (κ2) is 4.72. The summed E-state index contributed by atoms with van der Waals surface area (Å²) in [7, 11) is 0. The van der Waals surface area contributed by atoms with E-state index in [0.717, 1.165) is 0 Å². The first-order valence-electron chi connectivity index (χ1n) is 4.05. The molecule has 80 valence electrons. The van der Waals surface area contributed by atoms with Gasteiger partial charge < -0.3 is 0 Å². The molecule has 15 heavy (non-hydrogen) atoms. The molecule has 0 heterocycles. The molecule has 1 atom stereocenters. The summed E-state index contributed by atoms with van der Waals surface area (Å²) in [5, 5.41) is 10.7. The Balaban J connectivity index is 3.22. The summed E-state index contributed by atoms with van der Waals surface area (Å²) in [5.74, 6) is -0.274. The van der Waals surface area contributed by atoms with Crippen LogP contribution in [0.15, 0.2) is 18.2 Å². The summed E-state index contributed by atoms with van der Waals surface area (Å²) in [4.78, 5) is 21.1. The molecule has 0 bridgehead atoms. The van der Waals surface area contributed by atoms with Crippen LogP contribution in [0.5, 0.6) is 0 Å². The van der Waals surface area contributed by atoms with Crippen LogP contribution in [0.25, 0.3) is 0 Å². The number of alkyl halides is 1. The van der Waals surface area contributed by atoms with E-state index in [1.807, 2.05) is 0 Å². The number of benzene rings is 1. The lowest BCUT2D eigenvalue weighted by Gasteiger charge is -2.04. The van der Waals surface area contributed by atoms with Gasteiger partial charge in [-0.05, 0) is 13.0 Å². The lowest BCUT2D eigenvalue weighted by Crippen LogP contribution is -2.10. The van der Waals surface area contributed by atoms with Crippen molar-refractivity contribution in [3.05, 3.63) is 38.9 Å². The van der Waals surface area contributed by atoms with Gasteiger partial charge >= 0.3 is 0 Å². The number of Topliss-reactive ketones (excluding diaryl/α,β-unsaturated/α-hetero) is 1. The van der Waals surface area contributed by atoms with E-state index in [1.165, 1.54) is 18.2 Å². The van der Waals surface area contributed by atoms with E-state index < -0.39 is 9.75 Å². The minimum Gasteiger partial charge on any atom is -0.293 e. The summed E-state index contributed by atoms with van der Waals surface area (Å²) in [6.07, 6.45) is 0. The second-order valence-electron chi connectivity index (χ2n) is 2.90. The van der Waals surface area contributed by atoms with Crippen molar-refractivity contribution < 1.29 is 9.72 Å². The van der Waals surface area contributed by atoms with Crippen LogP contribution >= 0.6 is 27.5 Å². The molecule has 0 saturated carbocycles. The monoisotopic (exact) mass is 291 g/mol. The van der Waals surface area contributed by atoms with Crippen LogP contribution in [0.3, 0.4) is 0 Å². The number of nitrogens with zero attached hydrogens (tertiary/aromatic N) is 1. The van der Waals surface area contributed by atoms with Gasteiger partial charge in [0.15, 0.2) is 5.78 Å². The predicted octanol–water partition coefficient (Wildman–Crippen LogP) is 3.21. The Labute approximate surface area is 99.5 Å². The number of non-ortho nitro benzene ring substituents is 1. The van der Waals surface area contributed by atoms with E-state index in [-0.39, 0.29) is 22.1 Å². The van der Waals surface area contributed by atoms with Crippen LogP contribution in [0.4, 0.5) is 5.69 Å². The third kappa shape index (κ3) is 2.76. The normalized spacial score (nSPS) is 12.2. The molecule has 0 aliphatic heterocycles. The van der Waals surface area contributed by atoms with Gasteiger partial charge in [-0.1, -0.05) is 27.5 Å². The number of hydrogen-bond donors (Lipinski definition) is 0. The molecule has 4 nitrogen and oxygen atoms in total. The highest BCUT2D eigenvalue weighted by Crippen LogP contribution is 2.24. The van der Waals surface area contributed by atoms with Crippen LogP contribution in [0.1, 0.15) is 17.3 Å². The van der Waals surface area contributed by atoms with Gasteiger partial charge in [-0.3, -0.25) is 14.9 Å². The van der Waals surface area contributed by atoms with Crippen molar-refractivity contribution in [3.63, 3.8) is 0 Å². The van der Waals surface area contributed by atoms with Gasteiger partial charge in [0.2, 0.25) is 0 Å². The molecule has 1 aromatic carbocycles. The summed E-state index contributed by atoms with van der Waals surface area (Å²) in [5.41, 5.74) is 0.0196. The van der Waals surface area contributed by atoms with Crippen molar-refractivity contribution in [2.45, 2.75) is 11.8 Å². The van der Waals surface area contributed by atoms with Crippen LogP contribution < -0.4 is 0 Å². The van der Waals surface area contributed by atoms with E-state index in [1.54, 1.807) is 6.92 Å². The first-order chi connectivity index (χ1) is 6.93. The van der Waals surface area contributed by atoms with E-state index in [0.29, 0.717) is 0 Å². The molecule has 0 aliphatic carbocycles. The van der Waals surface area contributed by atoms with E-state index in [9.17, 15) is 14.9 Å². The number of halogens is 2. The Morgan fingerprint density at radius 3 is 2.67 bits per heavy atom. The lowest BCUT2D eigenvalue weighted by molar-refractivity contribution is -0.384. The van der Waals surface area contributed by atoms with Crippen LogP contribution in [0.2, 0.25) is 5.02 Å². The highest BCUT2D eigenvalue weighted by atomic mass is 79.9. The largest absolute Gasteiger partial charge is 0.293 e. The van der Waals surface area contributed by atoms with Gasteiger partial charge in [-0.15, -0.1) is 0 Å². The van der Waals surface area contributed by atoms with Gasteiger partial charge in [0.1, 0.15) is 0 Å². The molecular formula is C9H7BrClNO3. The number of carbonyl (C=O) groups is 1. The van der Waals surface area contributed by atoms with Gasteiger partial charge in [-0.2, -0.15) is 0 Å². The summed E-state index contributed by atoms with van der Waals surface area (Å²) in [6.45, 7) is 1.64. The van der Waals surface area contributed by atoms with Crippen molar-refractivity contribution >= 4 is 39.0 Å². The number of ketones is 1. The Morgan fingerprint density at radius 1 is 1.60 bits per heavy atom.